The number of hydrogen-bond donors (Lipinski definition) is 2. The SMILES string of the molecule is CCOC(=O)c1cnc(SC2CCCCNC2=O)nc1N. The molecular formula is C13H18N4O3S. The van der Waals surface area contributed by atoms with Crippen LogP contribution >= 0.6 is 11.8 Å². The van der Waals surface area contributed by atoms with E-state index >= 15 is 0 Å². The normalized spacial score (nSPS) is 18.7. The van der Waals surface area contributed by atoms with Crippen molar-refractivity contribution < 1.29 is 14.3 Å². The lowest BCUT2D eigenvalue weighted by atomic mass is 10.2. The molecule has 1 aliphatic heterocycles. The summed E-state index contributed by atoms with van der Waals surface area (Å²) in [6.07, 6.45) is 4.08. The second-order valence-corrected chi connectivity index (χ2v) is 5.74. The first kappa shape index (κ1) is 15.6. The molecule has 0 aliphatic carbocycles. The fourth-order valence-corrected chi connectivity index (χ4v) is 2.95. The second kappa shape index (κ2) is 7.26. The van der Waals surface area contributed by atoms with E-state index in [4.69, 9.17) is 10.5 Å². The molecule has 0 radical (unpaired) electrons. The minimum Gasteiger partial charge on any atom is -0.462 e. The van der Waals surface area contributed by atoms with E-state index in [2.05, 4.69) is 15.3 Å². The number of thioether (sulfide) groups is 1. The molecule has 0 spiro atoms. The number of amides is 1. The molecule has 0 bridgehead atoms. The summed E-state index contributed by atoms with van der Waals surface area (Å²) < 4.78 is 4.86. The van der Waals surface area contributed by atoms with Gasteiger partial charge in [0.2, 0.25) is 5.91 Å². The van der Waals surface area contributed by atoms with Crippen LogP contribution in [-0.4, -0.2) is 40.2 Å². The lowest BCUT2D eigenvalue weighted by molar-refractivity contribution is -0.120. The Hall–Kier alpha value is -1.83. The Morgan fingerprint density at radius 1 is 1.57 bits per heavy atom. The third-order valence-corrected chi connectivity index (χ3v) is 4.17. The van der Waals surface area contributed by atoms with Gasteiger partial charge in [-0.25, -0.2) is 14.8 Å². The van der Waals surface area contributed by atoms with Gasteiger partial charge in [0, 0.05) is 12.7 Å². The molecule has 1 saturated heterocycles. The number of anilines is 1. The Balaban J connectivity index is 2.09. The van der Waals surface area contributed by atoms with Gasteiger partial charge < -0.3 is 15.8 Å². The molecule has 1 amide bonds. The highest BCUT2D eigenvalue weighted by molar-refractivity contribution is 8.00. The molecule has 114 valence electrons. The van der Waals surface area contributed by atoms with Gasteiger partial charge in [-0.3, -0.25) is 4.79 Å². The summed E-state index contributed by atoms with van der Waals surface area (Å²) in [6, 6.07) is 0. The van der Waals surface area contributed by atoms with Crippen molar-refractivity contribution in [1.82, 2.24) is 15.3 Å². The summed E-state index contributed by atoms with van der Waals surface area (Å²) in [6.45, 7) is 2.68. The number of esters is 1. The fourth-order valence-electron chi connectivity index (χ4n) is 1.95. The van der Waals surface area contributed by atoms with E-state index < -0.39 is 5.97 Å². The number of aromatic nitrogens is 2. The van der Waals surface area contributed by atoms with Crippen LogP contribution in [0.3, 0.4) is 0 Å². The average Bonchev–Trinajstić information content (AvgIpc) is 2.64. The van der Waals surface area contributed by atoms with Crippen molar-refractivity contribution >= 4 is 29.5 Å². The molecule has 7 nitrogen and oxygen atoms in total. The van der Waals surface area contributed by atoms with Crippen molar-refractivity contribution in [3.8, 4) is 0 Å². The van der Waals surface area contributed by atoms with Gasteiger partial charge in [-0.05, 0) is 19.8 Å². The topological polar surface area (TPSA) is 107 Å². The Labute approximate surface area is 127 Å². The summed E-state index contributed by atoms with van der Waals surface area (Å²) in [7, 11) is 0. The first-order chi connectivity index (χ1) is 10.1. The number of hydrogen-bond acceptors (Lipinski definition) is 7. The van der Waals surface area contributed by atoms with Gasteiger partial charge in [-0.1, -0.05) is 18.2 Å². The summed E-state index contributed by atoms with van der Waals surface area (Å²) in [5.41, 5.74) is 5.90. The highest BCUT2D eigenvalue weighted by Crippen LogP contribution is 2.26. The zero-order chi connectivity index (χ0) is 15.2. The van der Waals surface area contributed by atoms with Crippen LogP contribution in [0.15, 0.2) is 11.4 Å². The van der Waals surface area contributed by atoms with Gasteiger partial charge in [-0.15, -0.1) is 0 Å². The summed E-state index contributed by atoms with van der Waals surface area (Å²) in [5.74, 6) is -0.479. The lowest BCUT2D eigenvalue weighted by Gasteiger charge is -2.12. The van der Waals surface area contributed by atoms with Gasteiger partial charge >= 0.3 is 5.97 Å². The maximum Gasteiger partial charge on any atom is 0.343 e. The van der Waals surface area contributed by atoms with Gasteiger partial charge in [0.25, 0.3) is 0 Å². The van der Waals surface area contributed by atoms with Crippen molar-refractivity contribution in [3.63, 3.8) is 0 Å². The number of nitrogens with one attached hydrogen (secondary N) is 1. The smallest absolute Gasteiger partial charge is 0.343 e. The van der Waals surface area contributed by atoms with Gasteiger partial charge in [0.1, 0.15) is 11.4 Å². The Kier molecular flexibility index (Phi) is 5.38. The van der Waals surface area contributed by atoms with Crippen molar-refractivity contribution in [2.45, 2.75) is 36.6 Å². The van der Waals surface area contributed by atoms with Crippen LogP contribution in [0, 0.1) is 0 Å². The van der Waals surface area contributed by atoms with E-state index in [9.17, 15) is 9.59 Å². The molecule has 1 aromatic rings. The second-order valence-electron chi connectivity index (χ2n) is 4.57. The highest BCUT2D eigenvalue weighted by atomic mass is 32.2. The molecule has 1 unspecified atom stereocenters. The van der Waals surface area contributed by atoms with Crippen molar-refractivity contribution in [3.05, 3.63) is 11.8 Å². The van der Waals surface area contributed by atoms with Crippen LogP contribution in [0.25, 0.3) is 0 Å². The van der Waals surface area contributed by atoms with Gasteiger partial charge in [0.05, 0.1) is 11.9 Å². The van der Waals surface area contributed by atoms with Crippen LogP contribution in [0.1, 0.15) is 36.5 Å². The zero-order valence-electron chi connectivity index (χ0n) is 11.8. The molecule has 2 rings (SSSR count). The molecule has 0 aromatic carbocycles. The molecular weight excluding hydrogens is 292 g/mol. The highest BCUT2D eigenvalue weighted by Gasteiger charge is 2.23. The summed E-state index contributed by atoms with van der Waals surface area (Å²) in [5, 5.41) is 3.02. The van der Waals surface area contributed by atoms with E-state index in [1.807, 2.05) is 0 Å². The standard InChI is InChI=1S/C13H18N4O3S/c1-2-20-12(19)8-7-16-13(17-10(8)14)21-9-5-3-4-6-15-11(9)18/h7,9H,2-6H2,1H3,(H,15,18)(H2,14,16,17). The van der Waals surface area contributed by atoms with Gasteiger partial charge in [0.15, 0.2) is 5.16 Å². The molecule has 1 aromatic heterocycles. The number of nitrogens with zero attached hydrogens (tertiary/aromatic N) is 2. The van der Waals surface area contributed by atoms with Crippen LogP contribution < -0.4 is 11.1 Å². The van der Waals surface area contributed by atoms with E-state index in [1.54, 1.807) is 6.92 Å². The number of nitrogen functional groups attached to an aromatic ring is 1. The molecule has 2 heterocycles. The molecule has 1 aliphatic rings. The predicted octanol–water partition coefficient (Wildman–Crippen LogP) is 0.996. The largest absolute Gasteiger partial charge is 0.462 e. The maximum absolute atomic E-state index is 11.9. The Morgan fingerprint density at radius 2 is 2.38 bits per heavy atom. The fraction of sp³-hybridized carbons (Fsp3) is 0.538. The molecule has 1 atom stereocenters. The van der Waals surface area contributed by atoms with Crippen molar-refractivity contribution in [2.75, 3.05) is 18.9 Å². The monoisotopic (exact) mass is 310 g/mol. The maximum atomic E-state index is 11.9. The van der Waals surface area contributed by atoms with Crippen LogP contribution in [-0.2, 0) is 9.53 Å². The molecule has 21 heavy (non-hydrogen) atoms. The molecule has 8 heteroatoms. The van der Waals surface area contributed by atoms with E-state index in [-0.39, 0.29) is 29.1 Å². The van der Waals surface area contributed by atoms with Crippen molar-refractivity contribution in [2.24, 2.45) is 0 Å². The minimum absolute atomic E-state index is 0.00543. The van der Waals surface area contributed by atoms with Crippen LogP contribution in [0.4, 0.5) is 5.82 Å². The van der Waals surface area contributed by atoms with Crippen LogP contribution in [0.5, 0.6) is 0 Å². The van der Waals surface area contributed by atoms with Crippen LogP contribution in [0.2, 0.25) is 0 Å². The predicted molar refractivity (Wildman–Crippen MR) is 78.9 cm³/mol. The Bertz CT molecular complexity index is 538. The van der Waals surface area contributed by atoms with E-state index in [0.29, 0.717) is 11.7 Å². The zero-order valence-corrected chi connectivity index (χ0v) is 12.6. The van der Waals surface area contributed by atoms with Gasteiger partial charge in [-0.2, -0.15) is 0 Å². The van der Waals surface area contributed by atoms with E-state index in [1.165, 1.54) is 18.0 Å². The van der Waals surface area contributed by atoms with E-state index in [0.717, 1.165) is 19.3 Å². The number of ether oxygens (including phenoxy) is 1. The lowest BCUT2D eigenvalue weighted by Crippen LogP contribution is -2.30. The first-order valence-corrected chi connectivity index (χ1v) is 7.73. The van der Waals surface area contributed by atoms with Crippen molar-refractivity contribution in [1.29, 1.82) is 0 Å². The minimum atomic E-state index is -0.543. The third kappa shape index (κ3) is 4.07. The Morgan fingerprint density at radius 3 is 3.10 bits per heavy atom. The summed E-state index contributed by atoms with van der Waals surface area (Å²) in [4.78, 5) is 31.7. The first-order valence-electron chi connectivity index (χ1n) is 6.85. The number of nitrogens with two attached hydrogens (primary N) is 1. The number of carbonyl (C=O) groups excluding carboxylic acids is 2. The third-order valence-electron chi connectivity index (χ3n) is 3.02. The number of carbonyl (C=O) groups is 2. The molecule has 0 saturated carbocycles. The number of rotatable bonds is 4. The molecule has 3 N–H and O–H groups in total. The average molecular weight is 310 g/mol. The molecule has 1 fully saturated rings. The quantitative estimate of drug-likeness (QED) is 0.631. The summed E-state index contributed by atoms with van der Waals surface area (Å²) >= 11 is 1.27.